The summed E-state index contributed by atoms with van der Waals surface area (Å²) in [4.78, 5) is 21.1. The van der Waals surface area contributed by atoms with Crippen molar-refractivity contribution < 1.29 is 22.7 Å². The summed E-state index contributed by atoms with van der Waals surface area (Å²) in [7, 11) is -0.630. The zero-order chi connectivity index (χ0) is 34.3. The molecular weight excluding hydrogens is 645 g/mol. The number of hydrogen-bond acceptors (Lipinski definition) is 9. The Bertz CT molecular complexity index is 2380. The monoisotopic (exact) mass is 680 g/mol. The van der Waals surface area contributed by atoms with Gasteiger partial charge in [-0.2, -0.15) is 20.1 Å². The highest BCUT2D eigenvalue weighted by Gasteiger charge is 2.47. The summed E-state index contributed by atoms with van der Waals surface area (Å²) in [5, 5.41) is 15.0. The van der Waals surface area contributed by atoms with Gasteiger partial charge in [0.1, 0.15) is 11.3 Å². The Morgan fingerprint density at radius 2 is 1.73 bits per heavy atom. The van der Waals surface area contributed by atoms with Crippen molar-refractivity contribution in [2.75, 3.05) is 13.1 Å². The summed E-state index contributed by atoms with van der Waals surface area (Å²) in [6.45, 7) is 6.68. The summed E-state index contributed by atoms with van der Waals surface area (Å²) in [5.41, 5.74) is 3.72. The van der Waals surface area contributed by atoms with E-state index in [2.05, 4.69) is 15.3 Å². The van der Waals surface area contributed by atoms with Gasteiger partial charge in [-0.15, -0.1) is 0 Å². The van der Waals surface area contributed by atoms with Crippen LogP contribution in [0.25, 0.3) is 44.5 Å². The maximum Gasteiger partial charge on any atom is 0.410 e. The van der Waals surface area contributed by atoms with Crippen molar-refractivity contribution in [3.8, 4) is 22.5 Å². The van der Waals surface area contributed by atoms with E-state index >= 15 is 0 Å². The molecule has 13 nitrogen and oxygen atoms in total. The topological polar surface area (TPSA) is 139 Å². The van der Waals surface area contributed by atoms with Crippen molar-refractivity contribution in [1.29, 1.82) is 0 Å². The third-order valence-electron chi connectivity index (χ3n) is 9.36. The predicted molar refractivity (Wildman–Crippen MR) is 182 cm³/mol. The van der Waals surface area contributed by atoms with Gasteiger partial charge >= 0.3 is 6.09 Å². The van der Waals surface area contributed by atoms with Gasteiger partial charge in [-0.25, -0.2) is 22.2 Å². The first-order valence-corrected chi connectivity index (χ1v) is 17.6. The van der Waals surface area contributed by atoms with Crippen LogP contribution in [0.2, 0.25) is 0 Å². The molecule has 4 aromatic heterocycles. The third kappa shape index (κ3) is 5.00. The molecule has 2 aliphatic heterocycles. The van der Waals surface area contributed by atoms with Crippen LogP contribution in [0.3, 0.4) is 0 Å². The third-order valence-corrected chi connectivity index (χ3v) is 11.1. The number of likely N-dealkylation sites (tertiary alicyclic amines) is 1. The van der Waals surface area contributed by atoms with Crippen molar-refractivity contribution in [1.82, 2.24) is 38.6 Å². The maximum atomic E-state index is 14.8. The number of fused-ring (bicyclic) bond motifs is 5. The zero-order valence-corrected chi connectivity index (χ0v) is 28.7. The number of carbonyl (C=O) groups excluding carboxylic acids is 1. The molecule has 0 atom stereocenters. The number of hydrogen-bond donors (Lipinski definition) is 0. The number of aromatic nitrogens is 7. The van der Waals surface area contributed by atoms with E-state index < -0.39 is 21.2 Å². The van der Waals surface area contributed by atoms with Crippen molar-refractivity contribution in [2.45, 2.75) is 56.3 Å². The number of nitrogens with zero attached hydrogens (tertiary/aromatic N) is 8. The molecule has 0 bridgehead atoms. The number of piperidine rings is 1. The molecule has 0 N–H and O–H groups in total. The molecule has 49 heavy (non-hydrogen) atoms. The first kappa shape index (κ1) is 31.2. The number of aryl methyl sites for hydroxylation is 2. The van der Waals surface area contributed by atoms with Crippen LogP contribution in [0.4, 0.5) is 4.79 Å². The highest BCUT2D eigenvalue weighted by molar-refractivity contribution is 7.90. The quantitative estimate of drug-likeness (QED) is 0.240. The van der Waals surface area contributed by atoms with Crippen LogP contribution in [-0.2, 0) is 45.8 Å². The summed E-state index contributed by atoms with van der Waals surface area (Å²) in [5.74, 6) is 0. The number of amides is 1. The first-order valence-electron chi connectivity index (χ1n) is 16.1. The second kappa shape index (κ2) is 11.0. The Balaban J connectivity index is 1.42. The minimum atomic E-state index is -4.21. The molecule has 1 saturated heterocycles. The lowest BCUT2D eigenvalue weighted by Crippen LogP contribution is -2.46. The van der Waals surface area contributed by atoms with E-state index in [1.807, 2.05) is 46.0 Å². The fourth-order valence-corrected chi connectivity index (χ4v) is 8.67. The standard InChI is InChI=1S/C35H36N8O5S/c1-34(2,3)48-33(44)42-15-13-35(14-16-42)30-24(21-47-35)18-36-32-29(30)28(22-11-12-27-23(17-22)19-37-40(27)4)31(26-20-38-41(5)39-26)43(32)49(45,46)25-9-7-6-8-10-25/h6-12,17-20H,13-16,21H2,1-5H3. The summed E-state index contributed by atoms with van der Waals surface area (Å²) in [6.07, 6.45) is 5.71. The van der Waals surface area contributed by atoms with Gasteiger partial charge in [-0.3, -0.25) is 4.68 Å². The van der Waals surface area contributed by atoms with Gasteiger partial charge in [0.25, 0.3) is 10.0 Å². The number of rotatable bonds is 4. The minimum absolute atomic E-state index is 0.116. The van der Waals surface area contributed by atoms with E-state index in [1.165, 1.54) is 8.77 Å². The Labute approximate surface area is 283 Å². The second-order valence-electron chi connectivity index (χ2n) is 13.7. The molecule has 2 aromatic carbocycles. The van der Waals surface area contributed by atoms with Crippen LogP contribution in [0.15, 0.2) is 72.0 Å². The first-order chi connectivity index (χ1) is 23.4. The van der Waals surface area contributed by atoms with Gasteiger partial charge in [0, 0.05) is 60.8 Å². The molecule has 1 amide bonds. The lowest BCUT2D eigenvalue weighted by Gasteiger charge is -2.39. The lowest BCUT2D eigenvalue weighted by atomic mass is 9.81. The number of benzene rings is 2. The van der Waals surface area contributed by atoms with Gasteiger partial charge in [0.15, 0.2) is 5.65 Å². The van der Waals surface area contributed by atoms with Crippen molar-refractivity contribution in [3.05, 3.63) is 78.2 Å². The van der Waals surface area contributed by atoms with Gasteiger partial charge in [0.2, 0.25) is 0 Å². The molecule has 0 unspecified atom stereocenters. The van der Waals surface area contributed by atoms with Crippen LogP contribution >= 0.6 is 0 Å². The molecule has 0 radical (unpaired) electrons. The van der Waals surface area contributed by atoms with Crippen LogP contribution in [0, 0.1) is 0 Å². The average Bonchev–Trinajstić information content (AvgIpc) is 3.84. The van der Waals surface area contributed by atoms with Gasteiger partial charge < -0.3 is 14.4 Å². The molecule has 6 aromatic rings. The number of carbonyl (C=O) groups is 1. The smallest absolute Gasteiger partial charge is 0.410 e. The maximum absolute atomic E-state index is 14.8. The van der Waals surface area contributed by atoms with Gasteiger partial charge in [-0.05, 0) is 63.4 Å². The van der Waals surface area contributed by atoms with Crippen molar-refractivity contribution >= 4 is 38.1 Å². The van der Waals surface area contributed by atoms with Crippen molar-refractivity contribution in [3.63, 3.8) is 0 Å². The SMILES string of the molecule is Cn1ncc(-c2c(-c3ccc4c(cnn4C)c3)c3c4c(cnc3n2S(=O)(=O)c2ccccc2)COC42CCN(C(=O)OC(C)(C)C)CC2)n1. The van der Waals surface area contributed by atoms with Gasteiger partial charge in [-0.1, -0.05) is 24.3 Å². The Kier molecular flexibility index (Phi) is 6.99. The normalized spacial score (nSPS) is 16.1. The van der Waals surface area contributed by atoms with E-state index in [4.69, 9.17) is 14.5 Å². The van der Waals surface area contributed by atoms with Crippen LogP contribution in [-0.4, -0.2) is 71.8 Å². The van der Waals surface area contributed by atoms with E-state index in [1.54, 1.807) is 65.6 Å². The van der Waals surface area contributed by atoms with Crippen LogP contribution < -0.4 is 0 Å². The summed E-state index contributed by atoms with van der Waals surface area (Å²) >= 11 is 0. The Morgan fingerprint density at radius 1 is 0.980 bits per heavy atom. The molecule has 6 heterocycles. The fourth-order valence-electron chi connectivity index (χ4n) is 7.16. The fraction of sp³-hybridized carbons (Fsp3) is 0.343. The summed E-state index contributed by atoms with van der Waals surface area (Å²) < 4.78 is 45.0. The van der Waals surface area contributed by atoms with Crippen LogP contribution in [0.1, 0.15) is 44.7 Å². The van der Waals surface area contributed by atoms with E-state index in [0.29, 0.717) is 54.9 Å². The molecule has 252 valence electrons. The van der Waals surface area contributed by atoms with E-state index in [-0.39, 0.29) is 16.6 Å². The number of pyridine rings is 1. The zero-order valence-electron chi connectivity index (χ0n) is 27.9. The predicted octanol–water partition coefficient (Wildman–Crippen LogP) is 5.38. The Morgan fingerprint density at radius 3 is 2.43 bits per heavy atom. The highest BCUT2D eigenvalue weighted by atomic mass is 32.2. The molecule has 1 fully saturated rings. The summed E-state index contributed by atoms with van der Waals surface area (Å²) in [6, 6.07) is 14.3. The van der Waals surface area contributed by atoms with Gasteiger partial charge in [0.05, 0.1) is 40.7 Å². The molecule has 2 aliphatic rings. The molecule has 14 heteroatoms. The Hall–Kier alpha value is -5.08. The van der Waals surface area contributed by atoms with E-state index in [9.17, 15) is 13.2 Å². The number of ether oxygens (including phenoxy) is 2. The second-order valence-corrected chi connectivity index (χ2v) is 15.5. The largest absolute Gasteiger partial charge is 0.444 e. The minimum Gasteiger partial charge on any atom is -0.444 e. The molecule has 0 aliphatic carbocycles. The lowest BCUT2D eigenvalue weighted by molar-refractivity contribution is -0.0790. The van der Waals surface area contributed by atoms with Crippen molar-refractivity contribution in [2.24, 2.45) is 14.1 Å². The highest BCUT2D eigenvalue weighted by Crippen LogP contribution is 2.52. The molecule has 8 rings (SSSR count). The van der Waals surface area contributed by atoms with E-state index in [0.717, 1.165) is 27.6 Å². The molecular formula is C35H36N8O5S. The molecule has 1 spiro atoms. The average molecular weight is 681 g/mol. The molecule has 0 saturated carbocycles. The van der Waals surface area contributed by atoms with Crippen LogP contribution in [0.5, 0.6) is 0 Å².